The zero-order chi connectivity index (χ0) is 10.6. The van der Waals surface area contributed by atoms with Crippen molar-refractivity contribution in [1.29, 1.82) is 0 Å². The van der Waals surface area contributed by atoms with Crippen LogP contribution in [0.5, 0.6) is 11.5 Å². The van der Waals surface area contributed by atoms with E-state index in [1.54, 1.807) is 12.1 Å². The van der Waals surface area contributed by atoms with Crippen molar-refractivity contribution in [3.63, 3.8) is 0 Å². The summed E-state index contributed by atoms with van der Waals surface area (Å²) < 4.78 is 4.98. The Morgan fingerprint density at radius 1 is 1.50 bits per heavy atom. The van der Waals surface area contributed by atoms with Crippen LogP contribution in [0.3, 0.4) is 0 Å². The van der Waals surface area contributed by atoms with Crippen LogP contribution in [0.15, 0.2) is 12.1 Å². The maximum absolute atomic E-state index is 9.47. The zero-order valence-electron chi connectivity index (χ0n) is 8.09. The van der Waals surface area contributed by atoms with Gasteiger partial charge in [-0.05, 0) is 37.1 Å². The summed E-state index contributed by atoms with van der Waals surface area (Å²) in [6.45, 7) is 0.640. The Morgan fingerprint density at radius 2 is 2.21 bits per heavy atom. The highest BCUT2D eigenvalue weighted by Crippen LogP contribution is 2.35. The van der Waals surface area contributed by atoms with Crippen molar-refractivity contribution in [2.24, 2.45) is 5.73 Å². The number of ether oxygens (including phenoxy) is 1. The summed E-state index contributed by atoms with van der Waals surface area (Å²) in [5.74, 6) is 0.398. The van der Waals surface area contributed by atoms with E-state index in [0.717, 1.165) is 18.4 Å². The molecule has 0 bridgehead atoms. The maximum Gasteiger partial charge on any atom is 0.176 e. The molecule has 0 amide bonds. The number of aromatic hydroxyl groups is 1. The van der Waals surface area contributed by atoms with Gasteiger partial charge in [0.05, 0.1) is 12.1 Å². The van der Waals surface area contributed by atoms with Crippen LogP contribution >= 0.6 is 11.6 Å². The number of nitrogens with two attached hydrogens (primary N) is 1. The Balaban J connectivity index is 2.91. The van der Waals surface area contributed by atoms with Gasteiger partial charge in [-0.1, -0.05) is 11.6 Å². The minimum Gasteiger partial charge on any atom is -0.503 e. The molecule has 0 saturated carbocycles. The number of benzene rings is 1. The van der Waals surface area contributed by atoms with E-state index < -0.39 is 0 Å². The van der Waals surface area contributed by atoms with Crippen LogP contribution < -0.4 is 10.5 Å². The molecule has 3 nitrogen and oxygen atoms in total. The van der Waals surface area contributed by atoms with E-state index in [1.807, 2.05) is 0 Å². The van der Waals surface area contributed by atoms with Gasteiger partial charge < -0.3 is 15.6 Å². The molecule has 0 atom stereocenters. The molecule has 0 radical (unpaired) electrons. The number of hydrogen-bond acceptors (Lipinski definition) is 3. The van der Waals surface area contributed by atoms with Gasteiger partial charge >= 0.3 is 0 Å². The van der Waals surface area contributed by atoms with Crippen LogP contribution in [-0.4, -0.2) is 18.8 Å². The van der Waals surface area contributed by atoms with Crippen LogP contribution in [0, 0.1) is 0 Å². The van der Waals surface area contributed by atoms with Crippen molar-refractivity contribution in [3.8, 4) is 11.5 Å². The minimum atomic E-state index is -0.00864. The predicted octanol–water partition coefficient (Wildman–Crippen LogP) is 1.95. The van der Waals surface area contributed by atoms with Crippen LogP contribution in [0.25, 0.3) is 0 Å². The fourth-order valence-corrected chi connectivity index (χ4v) is 1.47. The monoisotopic (exact) mass is 215 g/mol. The van der Waals surface area contributed by atoms with Crippen molar-refractivity contribution in [1.82, 2.24) is 0 Å². The molecule has 1 aromatic rings. The number of rotatable bonds is 4. The minimum absolute atomic E-state index is 0.00864. The molecule has 78 valence electrons. The molecule has 0 aliphatic heterocycles. The Hall–Kier alpha value is -0.930. The quantitative estimate of drug-likeness (QED) is 0.807. The second-order valence-corrected chi connectivity index (χ2v) is 3.43. The molecule has 3 N–H and O–H groups in total. The Kier molecular flexibility index (Phi) is 4.04. The van der Waals surface area contributed by atoms with E-state index in [2.05, 4.69) is 0 Å². The molecule has 14 heavy (non-hydrogen) atoms. The van der Waals surface area contributed by atoms with E-state index in [0.29, 0.717) is 17.3 Å². The predicted molar refractivity (Wildman–Crippen MR) is 57.0 cm³/mol. The SMILES string of the molecule is COc1cc(CCCN)cc(Cl)c1O. The van der Waals surface area contributed by atoms with Crippen LogP contribution in [0.4, 0.5) is 0 Å². The standard InChI is InChI=1S/C10H14ClNO2/c1-14-9-6-7(3-2-4-12)5-8(11)10(9)13/h5-6,13H,2-4,12H2,1H3. The molecule has 0 aliphatic rings. The van der Waals surface area contributed by atoms with Gasteiger partial charge in [0, 0.05) is 0 Å². The lowest BCUT2D eigenvalue weighted by Gasteiger charge is -2.08. The maximum atomic E-state index is 9.47. The van der Waals surface area contributed by atoms with Crippen molar-refractivity contribution in [3.05, 3.63) is 22.7 Å². The molecule has 1 aromatic carbocycles. The third kappa shape index (κ3) is 2.53. The highest BCUT2D eigenvalue weighted by Gasteiger charge is 2.08. The first-order valence-electron chi connectivity index (χ1n) is 4.44. The zero-order valence-corrected chi connectivity index (χ0v) is 8.84. The number of hydrogen-bond donors (Lipinski definition) is 2. The van der Waals surface area contributed by atoms with Crippen molar-refractivity contribution in [2.75, 3.05) is 13.7 Å². The molecule has 0 fully saturated rings. The average Bonchev–Trinajstić information content (AvgIpc) is 2.19. The third-order valence-electron chi connectivity index (χ3n) is 1.98. The molecule has 0 saturated heterocycles. The fourth-order valence-electron chi connectivity index (χ4n) is 1.23. The molecular formula is C10H14ClNO2. The Labute approximate surface area is 88.4 Å². The molecule has 0 unspecified atom stereocenters. The lowest BCUT2D eigenvalue weighted by Crippen LogP contribution is -2.00. The van der Waals surface area contributed by atoms with Gasteiger partial charge in [0.2, 0.25) is 0 Å². The summed E-state index contributed by atoms with van der Waals surface area (Å²) in [7, 11) is 1.50. The number of aryl methyl sites for hydroxylation is 1. The van der Waals surface area contributed by atoms with E-state index >= 15 is 0 Å². The fraction of sp³-hybridized carbons (Fsp3) is 0.400. The number of phenols is 1. The van der Waals surface area contributed by atoms with Crippen LogP contribution in [-0.2, 0) is 6.42 Å². The summed E-state index contributed by atoms with van der Waals surface area (Å²) in [5.41, 5.74) is 6.42. The van der Waals surface area contributed by atoms with Crippen LogP contribution in [0.2, 0.25) is 5.02 Å². The van der Waals surface area contributed by atoms with E-state index in [-0.39, 0.29) is 5.75 Å². The molecular weight excluding hydrogens is 202 g/mol. The summed E-state index contributed by atoms with van der Waals surface area (Å²) in [6.07, 6.45) is 1.73. The molecule has 0 aliphatic carbocycles. The first kappa shape index (κ1) is 11.1. The Bertz CT molecular complexity index is 315. The van der Waals surface area contributed by atoms with Gasteiger partial charge in [-0.2, -0.15) is 0 Å². The summed E-state index contributed by atoms with van der Waals surface area (Å²) in [5, 5.41) is 9.78. The molecule has 4 heteroatoms. The normalized spacial score (nSPS) is 10.2. The lowest BCUT2D eigenvalue weighted by molar-refractivity contribution is 0.373. The third-order valence-corrected chi connectivity index (χ3v) is 2.27. The summed E-state index contributed by atoms with van der Waals surface area (Å²) in [6, 6.07) is 3.51. The Morgan fingerprint density at radius 3 is 2.79 bits per heavy atom. The molecule has 0 spiro atoms. The van der Waals surface area contributed by atoms with Crippen molar-refractivity contribution in [2.45, 2.75) is 12.8 Å². The summed E-state index contributed by atoms with van der Waals surface area (Å²) >= 11 is 5.82. The average molecular weight is 216 g/mol. The highest BCUT2D eigenvalue weighted by molar-refractivity contribution is 6.32. The van der Waals surface area contributed by atoms with Gasteiger partial charge in [0.15, 0.2) is 11.5 Å². The topological polar surface area (TPSA) is 55.5 Å². The van der Waals surface area contributed by atoms with E-state index in [1.165, 1.54) is 7.11 Å². The van der Waals surface area contributed by atoms with Crippen molar-refractivity contribution < 1.29 is 9.84 Å². The second-order valence-electron chi connectivity index (χ2n) is 3.02. The highest BCUT2D eigenvalue weighted by atomic mass is 35.5. The smallest absolute Gasteiger partial charge is 0.176 e. The van der Waals surface area contributed by atoms with Crippen molar-refractivity contribution >= 4 is 11.6 Å². The number of methoxy groups -OCH3 is 1. The van der Waals surface area contributed by atoms with Gasteiger partial charge in [0.1, 0.15) is 0 Å². The van der Waals surface area contributed by atoms with Gasteiger partial charge in [-0.25, -0.2) is 0 Å². The van der Waals surface area contributed by atoms with Gasteiger partial charge in [-0.15, -0.1) is 0 Å². The van der Waals surface area contributed by atoms with E-state index in [9.17, 15) is 5.11 Å². The first-order valence-corrected chi connectivity index (χ1v) is 4.82. The van der Waals surface area contributed by atoms with E-state index in [4.69, 9.17) is 22.1 Å². The number of phenolic OH excluding ortho intramolecular Hbond substituents is 1. The largest absolute Gasteiger partial charge is 0.503 e. The lowest BCUT2D eigenvalue weighted by atomic mass is 10.1. The second kappa shape index (κ2) is 5.08. The molecule has 0 heterocycles. The summed E-state index contributed by atoms with van der Waals surface area (Å²) in [4.78, 5) is 0. The van der Waals surface area contributed by atoms with Gasteiger partial charge in [0.25, 0.3) is 0 Å². The molecule has 1 rings (SSSR count). The number of halogens is 1. The molecule has 0 aromatic heterocycles. The van der Waals surface area contributed by atoms with Crippen LogP contribution in [0.1, 0.15) is 12.0 Å². The first-order chi connectivity index (χ1) is 6.69. The van der Waals surface area contributed by atoms with Gasteiger partial charge in [-0.3, -0.25) is 0 Å².